The van der Waals surface area contributed by atoms with Gasteiger partial charge in [0.2, 0.25) is 0 Å². The molecule has 1 aliphatic carbocycles. The van der Waals surface area contributed by atoms with Gasteiger partial charge in [-0.3, -0.25) is 4.79 Å². The normalized spacial score (nSPS) is 22.9. The van der Waals surface area contributed by atoms with Crippen LogP contribution in [0.1, 0.15) is 51.5 Å². The third kappa shape index (κ3) is 5.45. The van der Waals surface area contributed by atoms with Gasteiger partial charge in [0, 0.05) is 6.04 Å². The predicted octanol–water partition coefficient (Wildman–Crippen LogP) is 3.88. The summed E-state index contributed by atoms with van der Waals surface area (Å²) in [5, 5.41) is 12.9. The van der Waals surface area contributed by atoms with E-state index < -0.39 is 12.0 Å². The van der Waals surface area contributed by atoms with E-state index >= 15 is 0 Å². The molecule has 122 valence electrons. The minimum absolute atomic E-state index is 0.363. The summed E-state index contributed by atoms with van der Waals surface area (Å²) >= 11 is 0. The first-order valence-corrected chi connectivity index (χ1v) is 8.57. The van der Waals surface area contributed by atoms with Gasteiger partial charge in [0.15, 0.2) is 0 Å². The molecule has 3 nitrogen and oxygen atoms in total. The lowest BCUT2D eigenvalue weighted by Gasteiger charge is -2.20. The second-order valence-corrected chi connectivity index (χ2v) is 7.09. The summed E-state index contributed by atoms with van der Waals surface area (Å²) < 4.78 is 0. The Balaban J connectivity index is 1.83. The lowest BCUT2D eigenvalue weighted by molar-refractivity contribution is -0.139. The fourth-order valence-corrected chi connectivity index (χ4v) is 3.41. The molecule has 2 N–H and O–H groups in total. The zero-order valence-corrected chi connectivity index (χ0v) is 13.8. The van der Waals surface area contributed by atoms with Crippen LogP contribution in [0.25, 0.3) is 0 Å². The number of carboxylic acids is 1. The van der Waals surface area contributed by atoms with Crippen LogP contribution in [0.15, 0.2) is 30.3 Å². The molecule has 0 amide bonds. The molecule has 1 aromatic carbocycles. The number of hydrogen-bond donors (Lipinski definition) is 2. The minimum Gasteiger partial charge on any atom is -0.480 e. The molecule has 3 heteroatoms. The highest BCUT2D eigenvalue weighted by Gasteiger charge is 2.28. The van der Waals surface area contributed by atoms with Crippen molar-refractivity contribution in [2.45, 2.75) is 64.5 Å². The Morgan fingerprint density at radius 2 is 2.00 bits per heavy atom. The molecular formula is C19H29NO2. The maximum absolute atomic E-state index is 11.5. The molecule has 1 aromatic rings. The number of aliphatic carboxylic acids is 1. The third-order valence-electron chi connectivity index (χ3n) is 4.71. The summed E-state index contributed by atoms with van der Waals surface area (Å²) in [5.74, 6) is 0.789. The summed E-state index contributed by atoms with van der Waals surface area (Å²) in [6, 6.07) is 9.77. The minimum atomic E-state index is -0.741. The van der Waals surface area contributed by atoms with Crippen molar-refractivity contribution in [2.75, 3.05) is 0 Å². The lowest BCUT2D eigenvalue weighted by Crippen LogP contribution is -2.43. The first-order chi connectivity index (χ1) is 10.5. The Bertz CT molecular complexity index is 458. The van der Waals surface area contributed by atoms with E-state index in [4.69, 9.17) is 0 Å². The molecule has 2 unspecified atom stereocenters. The Morgan fingerprint density at radius 3 is 2.64 bits per heavy atom. The maximum Gasteiger partial charge on any atom is 0.321 e. The average Bonchev–Trinajstić information content (AvgIpc) is 2.93. The molecule has 0 spiro atoms. The highest BCUT2D eigenvalue weighted by Crippen LogP contribution is 2.30. The van der Waals surface area contributed by atoms with Crippen molar-refractivity contribution in [2.24, 2.45) is 11.8 Å². The Hall–Kier alpha value is -1.35. The zero-order chi connectivity index (χ0) is 15.9. The molecule has 0 radical (unpaired) electrons. The van der Waals surface area contributed by atoms with Crippen LogP contribution in [0.5, 0.6) is 0 Å². The number of benzene rings is 1. The Labute approximate surface area is 134 Å². The summed E-state index contributed by atoms with van der Waals surface area (Å²) in [7, 11) is 0. The highest BCUT2D eigenvalue weighted by atomic mass is 16.4. The van der Waals surface area contributed by atoms with Crippen LogP contribution in [-0.2, 0) is 11.2 Å². The largest absolute Gasteiger partial charge is 0.480 e. The van der Waals surface area contributed by atoms with Crippen LogP contribution in [0.3, 0.4) is 0 Å². The number of nitrogens with one attached hydrogen (secondary N) is 1. The fourth-order valence-electron chi connectivity index (χ4n) is 3.41. The van der Waals surface area contributed by atoms with Crippen molar-refractivity contribution in [3.63, 3.8) is 0 Å². The number of hydrogen-bond acceptors (Lipinski definition) is 2. The van der Waals surface area contributed by atoms with E-state index in [0.29, 0.717) is 12.5 Å². The Morgan fingerprint density at radius 1 is 1.27 bits per heavy atom. The molecule has 0 heterocycles. The van der Waals surface area contributed by atoms with E-state index in [1.807, 2.05) is 30.3 Å². The van der Waals surface area contributed by atoms with E-state index in [1.165, 1.54) is 19.3 Å². The molecule has 2 rings (SSSR count). The van der Waals surface area contributed by atoms with Crippen LogP contribution in [-0.4, -0.2) is 23.2 Å². The van der Waals surface area contributed by atoms with Gasteiger partial charge in [0.1, 0.15) is 6.04 Å². The molecule has 0 saturated heterocycles. The van der Waals surface area contributed by atoms with E-state index in [2.05, 4.69) is 19.2 Å². The quantitative estimate of drug-likeness (QED) is 0.766. The molecule has 0 aromatic heterocycles. The van der Waals surface area contributed by atoms with Crippen molar-refractivity contribution < 1.29 is 9.90 Å². The van der Waals surface area contributed by atoms with Gasteiger partial charge < -0.3 is 10.4 Å². The average molecular weight is 303 g/mol. The van der Waals surface area contributed by atoms with E-state index in [-0.39, 0.29) is 0 Å². The second kappa shape index (κ2) is 8.33. The fraction of sp³-hybridized carbons (Fsp3) is 0.632. The van der Waals surface area contributed by atoms with Gasteiger partial charge in [0.25, 0.3) is 0 Å². The first-order valence-electron chi connectivity index (χ1n) is 8.57. The molecule has 1 aliphatic rings. The summed E-state index contributed by atoms with van der Waals surface area (Å²) in [6.07, 6.45) is 6.61. The second-order valence-electron chi connectivity index (χ2n) is 7.09. The topological polar surface area (TPSA) is 49.3 Å². The van der Waals surface area contributed by atoms with Gasteiger partial charge >= 0.3 is 5.97 Å². The first kappa shape index (κ1) is 17.0. The molecule has 0 bridgehead atoms. The molecule has 0 aliphatic heterocycles. The van der Waals surface area contributed by atoms with Gasteiger partial charge in [-0.25, -0.2) is 0 Å². The van der Waals surface area contributed by atoms with Gasteiger partial charge in [-0.1, -0.05) is 57.0 Å². The van der Waals surface area contributed by atoms with E-state index in [1.54, 1.807) is 0 Å². The molecule has 22 heavy (non-hydrogen) atoms. The molecular weight excluding hydrogens is 274 g/mol. The van der Waals surface area contributed by atoms with Crippen molar-refractivity contribution >= 4 is 5.97 Å². The monoisotopic (exact) mass is 303 g/mol. The van der Waals surface area contributed by atoms with Gasteiger partial charge in [-0.05, 0) is 43.1 Å². The molecule has 1 saturated carbocycles. The zero-order valence-electron chi connectivity index (χ0n) is 13.8. The number of carbonyl (C=O) groups is 1. The van der Waals surface area contributed by atoms with Crippen LogP contribution in [0.2, 0.25) is 0 Å². The van der Waals surface area contributed by atoms with E-state index in [0.717, 1.165) is 30.2 Å². The van der Waals surface area contributed by atoms with Crippen LogP contribution in [0.4, 0.5) is 0 Å². The number of carboxylic acid groups (broad SMARTS) is 1. The van der Waals surface area contributed by atoms with Crippen molar-refractivity contribution in [1.29, 1.82) is 0 Å². The standard InChI is InChI=1S/C19H29NO2/c1-14(2)8-9-16-10-11-17(12-16)20-18(19(21)22)13-15-6-4-3-5-7-15/h3-7,14,16-18,20H,8-13H2,1-2H3,(H,21,22)/t16?,17?,18-/m0/s1. The summed E-state index contributed by atoms with van der Waals surface area (Å²) in [5.41, 5.74) is 1.08. The van der Waals surface area contributed by atoms with Crippen molar-refractivity contribution in [3.8, 4) is 0 Å². The lowest BCUT2D eigenvalue weighted by atomic mass is 9.96. The van der Waals surface area contributed by atoms with Gasteiger partial charge in [-0.15, -0.1) is 0 Å². The van der Waals surface area contributed by atoms with Gasteiger partial charge in [-0.2, -0.15) is 0 Å². The highest BCUT2D eigenvalue weighted by molar-refractivity contribution is 5.74. The van der Waals surface area contributed by atoms with Crippen molar-refractivity contribution in [1.82, 2.24) is 5.32 Å². The van der Waals surface area contributed by atoms with Crippen LogP contribution in [0, 0.1) is 11.8 Å². The van der Waals surface area contributed by atoms with E-state index in [9.17, 15) is 9.90 Å². The maximum atomic E-state index is 11.5. The SMILES string of the molecule is CC(C)CCC1CCC(N[C@@H](Cc2ccccc2)C(=O)O)C1. The summed E-state index contributed by atoms with van der Waals surface area (Å²) in [4.78, 5) is 11.5. The number of rotatable bonds is 8. The Kier molecular flexibility index (Phi) is 6.44. The summed E-state index contributed by atoms with van der Waals surface area (Å²) in [6.45, 7) is 4.54. The molecule has 1 fully saturated rings. The van der Waals surface area contributed by atoms with Crippen LogP contribution >= 0.6 is 0 Å². The van der Waals surface area contributed by atoms with Gasteiger partial charge in [0.05, 0.1) is 0 Å². The third-order valence-corrected chi connectivity index (χ3v) is 4.71. The van der Waals surface area contributed by atoms with Crippen LogP contribution < -0.4 is 5.32 Å². The van der Waals surface area contributed by atoms with Crippen molar-refractivity contribution in [3.05, 3.63) is 35.9 Å². The smallest absolute Gasteiger partial charge is 0.321 e. The predicted molar refractivity (Wildman–Crippen MR) is 89.9 cm³/mol. The molecule has 3 atom stereocenters.